The van der Waals surface area contributed by atoms with E-state index in [-0.39, 0.29) is 0 Å². The zero-order chi connectivity index (χ0) is 12.4. The highest BCUT2D eigenvalue weighted by Crippen LogP contribution is 2.26. The third-order valence-electron chi connectivity index (χ3n) is 3.35. The van der Waals surface area contributed by atoms with Crippen LogP contribution in [0.5, 0.6) is 0 Å². The fraction of sp³-hybridized carbons (Fsp3) is 0.267. The maximum Gasteiger partial charge on any atom is 0.129 e. The molecule has 0 saturated heterocycles. The SMILES string of the molecule is CNCc1ccc(N2Cc3ccccc3C2)nc1. The van der Waals surface area contributed by atoms with Gasteiger partial charge in [-0.05, 0) is 29.8 Å². The quantitative estimate of drug-likeness (QED) is 0.891. The van der Waals surface area contributed by atoms with Gasteiger partial charge in [0, 0.05) is 25.8 Å². The Morgan fingerprint density at radius 1 is 1.11 bits per heavy atom. The van der Waals surface area contributed by atoms with Crippen LogP contribution in [-0.4, -0.2) is 12.0 Å². The molecule has 0 atom stereocenters. The number of anilines is 1. The zero-order valence-corrected chi connectivity index (χ0v) is 10.6. The van der Waals surface area contributed by atoms with E-state index in [0.717, 1.165) is 25.5 Å². The predicted octanol–water partition coefficient (Wildman–Crippen LogP) is 2.32. The van der Waals surface area contributed by atoms with Crippen molar-refractivity contribution in [2.75, 3.05) is 11.9 Å². The first-order valence-electron chi connectivity index (χ1n) is 6.28. The van der Waals surface area contributed by atoms with E-state index in [1.165, 1.54) is 16.7 Å². The van der Waals surface area contributed by atoms with E-state index in [4.69, 9.17) is 0 Å². The molecule has 2 aromatic rings. The van der Waals surface area contributed by atoms with E-state index in [2.05, 4.69) is 51.6 Å². The molecule has 0 spiro atoms. The number of hydrogen-bond donors (Lipinski definition) is 1. The normalized spacial score (nSPS) is 13.7. The Bertz CT molecular complexity index is 509. The first-order valence-corrected chi connectivity index (χ1v) is 6.28. The van der Waals surface area contributed by atoms with Crippen LogP contribution in [0.15, 0.2) is 42.6 Å². The summed E-state index contributed by atoms with van der Waals surface area (Å²) in [7, 11) is 1.95. The molecule has 2 heterocycles. The van der Waals surface area contributed by atoms with Crippen molar-refractivity contribution in [3.8, 4) is 0 Å². The Hall–Kier alpha value is -1.87. The molecule has 3 nitrogen and oxygen atoms in total. The highest BCUT2D eigenvalue weighted by Gasteiger charge is 2.18. The van der Waals surface area contributed by atoms with Crippen molar-refractivity contribution < 1.29 is 0 Å². The van der Waals surface area contributed by atoms with Gasteiger partial charge < -0.3 is 10.2 Å². The number of nitrogens with one attached hydrogen (secondary N) is 1. The summed E-state index contributed by atoms with van der Waals surface area (Å²) in [4.78, 5) is 6.86. The third-order valence-corrected chi connectivity index (χ3v) is 3.35. The van der Waals surface area contributed by atoms with Gasteiger partial charge in [0.05, 0.1) is 0 Å². The van der Waals surface area contributed by atoms with Gasteiger partial charge in [-0.15, -0.1) is 0 Å². The van der Waals surface area contributed by atoms with Crippen LogP contribution >= 0.6 is 0 Å². The Balaban J connectivity index is 1.78. The predicted molar refractivity (Wildman–Crippen MR) is 73.3 cm³/mol. The molecule has 1 N–H and O–H groups in total. The maximum atomic E-state index is 4.55. The lowest BCUT2D eigenvalue weighted by molar-refractivity contribution is 0.806. The lowest BCUT2D eigenvalue weighted by Gasteiger charge is -2.16. The molecular weight excluding hydrogens is 222 g/mol. The lowest BCUT2D eigenvalue weighted by Crippen LogP contribution is -2.16. The maximum absolute atomic E-state index is 4.55. The van der Waals surface area contributed by atoms with Crippen molar-refractivity contribution in [3.63, 3.8) is 0 Å². The van der Waals surface area contributed by atoms with E-state index in [9.17, 15) is 0 Å². The fourth-order valence-corrected chi connectivity index (χ4v) is 2.41. The summed E-state index contributed by atoms with van der Waals surface area (Å²) < 4.78 is 0. The monoisotopic (exact) mass is 239 g/mol. The van der Waals surface area contributed by atoms with E-state index in [1.54, 1.807) is 0 Å². The summed E-state index contributed by atoms with van der Waals surface area (Å²) in [6.45, 7) is 2.80. The van der Waals surface area contributed by atoms with Gasteiger partial charge in [-0.25, -0.2) is 4.98 Å². The molecule has 3 heteroatoms. The van der Waals surface area contributed by atoms with Gasteiger partial charge in [0.15, 0.2) is 0 Å². The summed E-state index contributed by atoms with van der Waals surface area (Å²) in [5.41, 5.74) is 4.05. The summed E-state index contributed by atoms with van der Waals surface area (Å²) in [6.07, 6.45) is 1.95. The second kappa shape index (κ2) is 4.78. The Morgan fingerprint density at radius 3 is 2.39 bits per heavy atom. The van der Waals surface area contributed by atoms with E-state index in [0.29, 0.717) is 0 Å². The van der Waals surface area contributed by atoms with Gasteiger partial charge in [0.2, 0.25) is 0 Å². The Kier molecular flexibility index (Phi) is 2.99. The van der Waals surface area contributed by atoms with Crippen LogP contribution < -0.4 is 10.2 Å². The molecule has 0 saturated carbocycles. The number of fused-ring (bicyclic) bond motifs is 1. The Morgan fingerprint density at radius 2 is 1.83 bits per heavy atom. The molecule has 0 aliphatic carbocycles. The third kappa shape index (κ3) is 2.09. The summed E-state index contributed by atoms with van der Waals surface area (Å²) >= 11 is 0. The van der Waals surface area contributed by atoms with Crippen LogP contribution in [0.4, 0.5) is 5.82 Å². The average Bonchev–Trinajstić information content (AvgIpc) is 2.84. The lowest BCUT2D eigenvalue weighted by atomic mass is 10.1. The van der Waals surface area contributed by atoms with Gasteiger partial charge in [-0.3, -0.25) is 0 Å². The molecule has 1 aromatic carbocycles. The van der Waals surface area contributed by atoms with Crippen molar-refractivity contribution in [2.24, 2.45) is 0 Å². The molecule has 1 aromatic heterocycles. The minimum atomic E-state index is 0.869. The highest BCUT2D eigenvalue weighted by atomic mass is 15.2. The van der Waals surface area contributed by atoms with Crippen molar-refractivity contribution in [1.29, 1.82) is 0 Å². The molecule has 3 rings (SSSR count). The minimum absolute atomic E-state index is 0.869. The van der Waals surface area contributed by atoms with Crippen molar-refractivity contribution in [2.45, 2.75) is 19.6 Å². The van der Waals surface area contributed by atoms with Crippen LogP contribution in [0.3, 0.4) is 0 Å². The average molecular weight is 239 g/mol. The molecule has 1 aliphatic heterocycles. The molecule has 92 valence electrons. The number of rotatable bonds is 3. The topological polar surface area (TPSA) is 28.2 Å². The van der Waals surface area contributed by atoms with E-state index >= 15 is 0 Å². The molecule has 0 unspecified atom stereocenters. The van der Waals surface area contributed by atoms with Crippen molar-refractivity contribution >= 4 is 5.82 Å². The Labute approximate surface area is 107 Å². The van der Waals surface area contributed by atoms with Crippen molar-refractivity contribution in [1.82, 2.24) is 10.3 Å². The summed E-state index contributed by atoms with van der Waals surface area (Å²) in [5.74, 6) is 1.06. The standard InChI is InChI=1S/C15H17N3/c1-16-8-12-6-7-15(17-9-12)18-10-13-4-2-3-5-14(13)11-18/h2-7,9,16H,8,10-11H2,1H3. The van der Waals surface area contributed by atoms with Crippen molar-refractivity contribution in [3.05, 3.63) is 59.3 Å². The fourth-order valence-electron chi connectivity index (χ4n) is 2.41. The largest absolute Gasteiger partial charge is 0.348 e. The van der Waals surface area contributed by atoms with Crippen LogP contribution in [0.25, 0.3) is 0 Å². The van der Waals surface area contributed by atoms with Crippen LogP contribution in [0, 0.1) is 0 Å². The van der Waals surface area contributed by atoms with Gasteiger partial charge >= 0.3 is 0 Å². The second-order valence-corrected chi connectivity index (χ2v) is 4.68. The van der Waals surface area contributed by atoms with E-state index < -0.39 is 0 Å². The zero-order valence-electron chi connectivity index (χ0n) is 10.6. The number of nitrogens with zero attached hydrogens (tertiary/aromatic N) is 2. The molecule has 1 aliphatic rings. The number of hydrogen-bond acceptors (Lipinski definition) is 3. The molecule has 0 amide bonds. The van der Waals surface area contributed by atoms with E-state index in [1.807, 2.05) is 13.2 Å². The molecule has 18 heavy (non-hydrogen) atoms. The summed E-state index contributed by atoms with van der Waals surface area (Å²) in [5, 5.41) is 3.13. The second-order valence-electron chi connectivity index (χ2n) is 4.68. The van der Waals surface area contributed by atoms with Crippen LogP contribution in [-0.2, 0) is 19.6 Å². The molecule has 0 radical (unpaired) electrons. The molecule has 0 bridgehead atoms. The highest BCUT2D eigenvalue weighted by molar-refractivity contribution is 5.47. The van der Waals surface area contributed by atoms with Gasteiger partial charge in [0.25, 0.3) is 0 Å². The van der Waals surface area contributed by atoms with Gasteiger partial charge in [-0.2, -0.15) is 0 Å². The van der Waals surface area contributed by atoms with Gasteiger partial charge in [-0.1, -0.05) is 30.3 Å². The van der Waals surface area contributed by atoms with Gasteiger partial charge in [0.1, 0.15) is 5.82 Å². The molecule has 0 fully saturated rings. The first kappa shape index (κ1) is 11.2. The molecular formula is C15H17N3. The number of aromatic nitrogens is 1. The van der Waals surface area contributed by atoms with Crippen LogP contribution in [0.2, 0.25) is 0 Å². The smallest absolute Gasteiger partial charge is 0.129 e. The first-order chi connectivity index (χ1) is 8.86. The van der Waals surface area contributed by atoms with Crippen LogP contribution in [0.1, 0.15) is 16.7 Å². The number of pyridine rings is 1. The summed E-state index contributed by atoms with van der Waals surface area (Å²) in [6, 6.07) is 12.9. The number of benzene rings is 1. The minimum Gasteiger partial charge on any atom is -0.348 e.